The fourth-order valence-electron chi connectivity index (χ4n) is 2.34. The van der Waals surface area contributed by atoms with E-state index in [1.54, 1.807) is 0 Å². The van der Waals surface area contributed by atoms with E-state index in [2.05, 4.69) is 0 Å². The number of sulfone groups is 1. The summed E-state index contributed by atoms with van der Waals surface area (Å²) in [5, 5.41) is 0. The lowest BCUT2D eigenvalue weighted by Crippen LogP contribution is -2.48. The van der Waals surface area contributed by atoms with Crippen molar-refractivity contribution >= 4 is 9.84 Å². The summed E-state index contributed by atoms with van der Waals surface area (Å²) in [6, 6.07) is 4.86. The molecule has 0 spiro atoms. The van der Waals surface area contributed by atoms with Gasteiger partial charge >= 0.3 is 6.18 Å². The van der Waals surface area contributed by atoms with Crippen LogP contribution in [-0.2, 0) is 22.4 Å². The van der Waals surface area contributed by atoms with Gasteiger partial charge in [-0.1, -0.05) is 12.1 Å². The highest BCUT2D eigenvalue weighted by molar-refractivity contribution is 7.91. The first-order chi connectivity index (χ1) is 9.10. The molecule has 2 N–H and O–H groups in total. The second-order valence-corrected chi connectivity index (χ2v) is 7.69. The average molecular weight is 307 g/mol. The van der Waals surface area contributed by atoms with E-state index in [9.17, 15) is 21.6 Å². The van der Waals surface area contributed by atoms with E-state index in [-0.39, 0.29) is 11.5 Å². The summed E-state index contributed by atoms with van der Waals surface area (Å²) >= 11 is 0. The molecule has 1 fully saturated rings. The van der Waals surface area contributed by atoms with Crippen molar-refractivity contribution < 1.29 is 21.6 Å². The molecule has 1 aromatic carbocycles. The molecule has 20 heavy (non-hydrogen) atoms. The first kappa shape index (κ1) is 15.3. The fraction of sp³-hybridized carbons (Fsp3) is 0.538. The van der Waals surface area contributed by atoms with Crippen LogP contribution in [0, 0.1) is 0 Å². The third-order valence-electron chi connectivity index (χ3n) is 3.66. The van der Waals surface area contributed by atoms with Gasteiger partial charge in [0.15, 0.2) is 0 Å². The Balaban J connectivity index is 2.07. The van der Waals surface area contributed by atoms with Gasteiger partial charge in [0.1, 0.15) is 9.84 Å². The van der Waals surface area contributed by atoms with Crippen molar-refractivity contribution in [2.45, 2.75) is 31.0 Å². The van der Waals surface area contributed by atoms with Crippen LogP contribution in [0.2, 0.25) is 0 Å². The molecule has 7 heteroatoms. The molecular formula is C13H16F3NO2S. The van der Waals surface area contributed by atoms with E-state index in [1.807, 2.05) is 0 Å². The van der Waals surface area contributed by atoms with Crippen molar-refractivity contribution in [2.24, 2.45) is 5.73 Å². The summed E-state index contributed by atoms with van der Waals surface area (Å²) in [5.74, 6) is 0.0915. The predicted octanol–water partition coefficient (Wildman–Crippen LogP) is 2.15. The Hall–Kier alpha value is -1.08. The van der Waals surface area contributed by atoms with Crippen LogP contribution in [0.1, 0.15) is 24.0 Å². The van der Waals surface area contributed by atoms with Crippen LogP contribution >= 0.6 is 0 Å². The summed E-state index contributed by atoms with van der Waals surface area (Å²) in [6.07, 6.45) is -3.27. The zero-order valence-corrected chi connectivity index (χ0v) is 11.6. The van der Waals surface area contributed by atoms with E-state index < -0.39 is 27.1 Å². The molecule has 0 aromatic heterocycles. The second kappa shape index (κ2) is 5.04. The van der Waals surface area contributed by atoms with Crippen molar-refractivity contribution in [3.05, 3.63) is 35.4 Å². The van der Waals surface area contributed by atoms with Crippen LogP contribution in [0.5, 0.6) is 0 Å². The maximum atomic E-state index is 12.4. The average Bonchev–Trinajstić information content (AvgIpc) is 2.33. The molecule has 0 saturated carbocycles. The van der Waals surface area contributed by atoms with Gasteiger partial charge < -0.3 is 5.73 Å². The molecule has 0 aliphatic carbocycles. The molecule has 2 rings (SSSR count). The second-order valence-electron chi connectivity index (χ2n) is 5.39. The molecule has 1 aliphatic rings. The molecule has 3 nitrogen and oxygen atoms in total. The van der Waals surface area contributed by atoms with Crippen LogP contribution < -0.4 is 5.73 Å². The number of hydrogen-bond donors (Lipinski definition) is 1. The molecule has 0 atom stereocenters. The molecule has 1 aliphatic heterocycles. The minimum Gasteiger partial charge on any atom is -0.325 e. The number of alkyl halides is 3. The lowest BCUT2D eigenvalue weighted by atomic mass is 9.86. The van der Waals surface area contributed by atoms with Gasteiger partial charge in [0, 0.05) is 5.54 Å². The van der Waals surface area contributed by atoms with Gasteiger partial charge in [0.05, 0.1) is 17.1 Å². The Bertz CT molecular complexity index is 565. The smallest absolute Gasteiger partial charge is 0.325 e. The highest BCUT2D eigenvalue weighted by Gasteiger charge is 2.34. The van der Waals surface area contributed by atoms with E-state index in [4.69, 9.17) is 5.73 Å². The predicted molar refractivity (Wildman–Crippen MR) is 70.0 cm³/mol. The highest BCUT2D eigenvalue weighted by atomic mass is 32.2. The Labute approximate surface area is 115 Å². The quantitative estimate of drug-likeness (QED) is 0.911. The van der Waals surface area contributed by atoms with Crippen LogP contribution in [0.15, 0.2) is 24.3 Å². The molecule has 0 unspecified atom stereocenters. The van der Waals surface area contributed by atoms with Gasteiger partial charge in [0.25, 0.3) is 0 Å². The van der Waals surface area contributed by atoms with Gasteiger partial charge in [-0.3, -0.25) is 0 Å². The summed E-state index contributed by atoms with van der Waals surface area (Å²) in [7, 11) is -3.00. The lowest BCUT2D eigenvalue weighted by molar-refractivity contribution is -0.137. The Kier molecular flexibility index (Phi) is 3.85. The maximum absolute atomic E-state index is 12.4. The monoisotopic (exact) mass is 307 g/mol. The molecule has 1 aromatic rings. The van der Waals surface area contributed by atoms with Crippen molar-refractivity contribution in [3.8, 4) is 0 Å². The van der Waals surface area contributed by atoms with E-state index in [0.717, 1.165) is 12.1 Å². The van der Waals surface area contributed by atoms with Gasteiger partial charge in [-0.15, -0.1) is 0 Å². The van der Waals surface area contributed by atoms with Crippen LogP contribution in [-0.4, -0.2) is 25.5 Å². The lowest BCUT2D eigenvalue weighted by Gasteiger charge is -2.33. The fourth-order valence-corrected chi connectivity index (χ4v) is 3.98. The summed E-state index contributed by atoms with van der Waals surface area (Å²) < 4.78 is 60.1. The first-order valence-electron chi connectivity index (χ1n) is 6.25. The minimum atomic E-state index is -4.35. The molecule has 1 heterocycles. The first-order valence-corrected chi connectivity index (χ1v) is 8.07. The molecule has 0 bridgehead atoms. The van der Waals surface area contributed by atoms with Crippen LogP contribution in [0.25, 0.3) is 0 Å². The Morgan fingerprint density at radius 2 is 1.60 bits per heavy atom. The van der Waals surface area contributed by atoms with Crippen molar-refractivity contribution in [3.63, 3.8) is 0 Å². The summed E-state index contributed by atoms with van der Waals surface area (Å²) in [6.45, 7) is 0. The zero-order valence-electron chi connectivity index (χ0n) is 10.8. The molecule has 112 valence electrons. The Morgan fingerprint density at radius 3 is 2.05 bits per heavy atom. The summed E-state index contributed by atoms with van der Waals surface area (Å²) in [4.78, 5) is 0. The van der Waals surface area contributed by atoms with Crippen molar-refractivity contribution in [1.82, 2.24) is 0 Å². The van der Waals surface area contributed by atoms with Gasteiger partial charge in [-0.2, -0.15) is 13.2 Å². The van der Waals surface area contributed by atoms with E-state index in [0.29, 0.717) is 24.8 Å². The zero-order chi connectivity index (χ0) is 15.0. The highest BCUT2D eigenvalue weighted by Crippen LogP contribution is 2.30. The number of rotatable bonds is 2. The molecular weight excluding hydrogens is 291 g/mol. The maximum Gasteiger partial charge on any atom is 0.416 e. The number of halogens is 3. The van der Waals surface area contributed by atoms with E-state index in [1.165, 1.54) is 12.1 Å². The van der Waals surface area contributed by atoms with E-state index >= 15 is 0 Å². The normalized spacial score (nSPS) is 21.6. The topological polar surface area (TPSA) is 60.2 Å². The van der Waals surface area contributed by atoms with Crippen molar-refractivity contribution in [1.29, 1.82) is 0 Å². The molecule has 0 radical (unpaired) electrons. The van der Waals surface area contributed by atoms with Gasteiger partial charge in [-0.25, -0.2) is 8.42 Å². The van der Waals surface area contributed by atoms with Gasteiger partial charge in [0.2, 0.25) is 0 Å². The summed E-state index contributed by atoms with van der Waals surface area (Å²) in [5.41, 5.74) is 5.50. The number of nitrogens with two attached hydrogens (primary N) is 1. The number of benzene rings is 1. The SMILES string of the molecule is NC1(Cc2ccc(C(F)(F)F)cc2)CCS(=O)(=O)CC1. The third kappa shape index (κ3) is 3.73. The molecule has 1 saturated heterocycles. The van der Waals surface area contributed by atoms with Crippen LogP contribution in [0.3, 0.4) is 0 Å². The minimum absolute atomic E-state index is 0.0458. The largest absolute Gasteiger partial charge is 0.416 e. The van der Waals surface area contributed by atoms with Crippen molar-refractivity contribution in [2.75, 3.05) is 11.5 Å². The molecule has 0 amide bonds. The number of hydrogen-bond acceptors (Lipinski definition) is 3. The Morgan fingerprint density at radius 1 is 1.10 bits per heavy atom. The van der Waals surface area contributed by atoms with Crippen LogP contribution in [0.4, 0.5) is 13.2 Å². The third-order valence-corrected chi connectivity index (χ3v) is 5.31. The van der Waals surface area contributed by atoms with Gasteiger partial charge in [-0.05, 0) is 37.0 Å². The standard InChI is InChI=1S/C13H16F3NO2S/c14-13(15,16)11-3-1-10(2-4-11)9-12(17)5-7-20(18,19)8-6-12/h1-4H,5-9,17H2.